The first-order valence-corrected chi connectivity index (χ1v) is 12.5. The average molecular weight is 468 g/mol. The number of aromatic amines is 1. The summed E-state index contributed by atoms with van der Waals surface area (Å²) in [7, 11) is 0. The lowest BCUT2D eigenvalue weighted by Gasteiger charge is -2.48. The maximum absolute atomic E-state index is 5.75. The van der Waals surface area contributed by atoms with E-state index in [1.54, 1.807) is 6.33 Å². The lowest BCUT2D eigenvalue weighted by Crippen LogP contribution is -2.50. The van der Waals surface area contributed by atoms with Crippen LogP contribution in [-0.4, -0.2) is 28.2 Å². The second-order valence-electron chi connectivity index (χ2n) is 9.19. The molecule has 0 aliphatic carbocycles. The monoisotopic (exact) mass is 467 g/mol. The first-order valence-electron chi connectivity index (χ1n) is 12.5. The van der Waals surface area contributed by atoms with E-state index in [-0.39, 0.29) is 12.8 Å². The van der Waals surface area contributed by atoms with E-state index in [4.69, 9.17) is 9.47 Å². The van der Waals surface area contributed by atoms with Crippen LogP contribution in [0, 0.1) is 0 Å². The highest BCUT2D eigenvalue weighted by Crippen LogP contribution is 2.45. The molecule has 5 nitrogen and oxygen atoms in total. The van der Waals surface area contributed by atoms with Gasteiger partial charge in [-0.1, -0.05) is 80.1 Å². The molecule has 1 aromatic heterocycles. The summed E-state index contributed by atoms with van der Waals surface area (Å²) in [6.45, 7) is 5.76. The fraction of sp³-hybridized carbons (Fsp3) is 0.300. The number of nitrogens with one attached hydrogen (secondary N) is 1. The van der Waals surface area contributed by atoms with Gasteiger partial charge in [-0.3, -0.25) is 4.90 Å². The van der Waals surface area contributed by atoms with Crippen LogP contribution in [0.4, 0.5) is 0 Å². The first kappa shape index (κ1) is 23.2. The van der Waals surface area contributed by atoms with Gasteiger partial charge >= 0.3 is 0 Å². The molecule has 1 aliphatic heterocycles. The highest BCUT2D eigenvalue weighted by Gasteiger charge is 2.43. The van der Waals surface area contributed by atoms with Crippen LogP contribution in [-0.2, 0) is 12.0 Å². The number of fused-ring (bicyclic) bond motifs is 1. The molecule has 1 unspecified atom stereocenters. The van der Waals surface area contributed by atoms with Crippen molar-refractivity contribution in [2.24, 2.45) is 0 Å². The minimum atomic E-state index is -0.407. The molecule has 5 heteroatoms. The quantitative estimate of drug-likeness (QED) is 0.290. The molecule has 0 amide bonds. The zero-order valence-electron chi connectivity index (χ0n) is 20.5. The van der Waals surface area contributed by atoms with Crippen molar-refractivity contribution in [3.63, 3.8) is 0 Å². The predicted octanol–water partition coefficient (Wildman–Crippen LogP) is 6.49. The van der Waals surface area contributed by atoms with Crippen molar-refractivity contribution in [3.8, 4) is 11.5 Å². The third-order valence-electron chi connectivity index (χ3n) is 7.08. The van der Waals surface area contributed by atoms with Crippen LogP contribution < -0.4 is 9.47 Å². The first-order chi connectivity index (χ1) is 17.2. The summed E-state index contributed by atoms with van der Waals surface area (Å²) in [6.07, 6.45) is 6.73. The Kier molecular flexibility index (Phi) is 6.87. The lowest BCUT2D eigenvalue weighted by atomic mass is 9.75. The normalized spacial score (nSPS) is 13.8. The lowest BCUT2D eigenvalue weighted by molar-refractivity contribution is 0.0722. The van der Waals surface area contributed by atoms with Gasteiger partial charge in [0.1, 0.15) is 0 Å². The van der Waals surface area contributed by atoms with Crippen molar-refractivity contribution in [2.75, 3.05) is 13.3 Å². The number of aromatic nitrogens is 2. The van der Waals surface area contributed by atoms with Gasteiger partial charge in [0.05, 0.1) is 17.6 Å². The number of unbranched alkanes of at least 4 members (excludes halogenated alkanes) is 1. The Morgan fingerprint density at radius 1 is 0.943 bits per heavy atom. The Hall–Kier alpha value is -3.57. The molecule has 180 valence electrons. The van der Waals surface area contributed by atoms with E-state index in [1.165, 1.54) is 16.7 Å². The van der Waals surface area contributed by atoms with E-state index in [0.717, 1.165) is 43.0 Å². The van der Waals surface area contributed by atoms with Crippen LogP contribution in [0.25, 0.3) is 0 Å². The van der Waals surface area contributed by atoms with E-state index in [2.05, 4.69) is 102 Å². The third kappa shape index (κ3) is 4.56. The zero-order valence-corrected chi connectivity index (χ0v) is 20.5. The maximum atomic E-state index is 5.75. The minimum Gasteiger partial charge on any atom is -0.454 e. The fourth-order valence-corrected chi connectivity index (χ4v) is 5.28. The smallest absolute Gasteiger partial charge is 0.231 e. The predicted molar refractivity (Wildman–Crippen MR) is 139 cm³/mol. The van der Waals surface area contributed by atoms with Crippen LogP contribution >= 0.6 is 0 Å². The molecule has 2 heterocycles. The number of hydrogen-bond acceptors (Lipinski definition) is 4. The largest absolute Gasteiger partial charge is 0.454 e. The molecule has 0 fully saturated rings. The zero-order chi connectivity index (χ0) is 24.1. The third-order valence-corrected chi connectivity index (χ3v) is 7.08. The molecule has 4 aromatic rings. The summed E-state index contributed by atoms with van der Waals surface area (Å²) in [4.78, 5) is 10.4. The number of benzene rings is 3. The Morgan fingerprint density at radius 2 is 1.63 bits per heavy atom. The molecule has 0 spiro atoms. The van der Waals surface area contributed by atoms with Gasteiger partial charge in [0, 0.05) is 12.2 Å². The summed E-state index contributed by atoms with van der Waals surface area (Å²) in [5.41, 5.74) is 4.46. The Bertz CT molecular complexity index is 1170. The molecule has 0 radical (unpaired) electrons. The highest BCUT2D eigenvalue weighted by atomic mass is 16.7. The van der Waals surface area contributed by atoms with Gasteiger partial charge in [0.25, 0.3) is 0 Å². The Labute approximate surface area is 207 Å². The SMILES string of the molecule is CCCCN(C(C)c1cnc[nH]1)C(Cc1ccc2c(c1)OCO2)(c1ccccc1)c1ccccc1. The number of hydrogen-bond donors (Lipinski definition) is 1. The van der Waals surface area contributed by atoms with E-state index in [9.17, 15) is 0 Å². The molecule has 0 bridgehead atoms. The van der Waals surface area contributed by atoms with E-state index in [1.807, 2.05) is 12.3 Å². The van der Waals surface area contributed by atoms with Crippen molar-refractivity contribution in [3.05, 3.63) is 114 Å². The molecule has 5 rings (SSSR count). The van der Waals surface area contributed by atoms with Crippen LogP contribution in [0.15, 0.2) is 91.4 Å². The molecular weight excluding hydrogens is 434 g/mol. The van der Waals surface area contributed by atoms with Gasteiger partial charge in [0.15, 0.2) is 11.5 Å². The number of H-pyrrole nitrogens is 1. The van der Waals surface area contributed by atoms with Gasteiger partial charge in [-0.15, -0.1) is 0 Å². The van der Waals surface area contributed by atoms with Crippen LogP contribution in [0.5, 0.6) is 11.5 Å². The van der Waals surface area contributed by atoms with Gasteiger partial charge in [-0.2, -0.15) is 0 Å². The number of nitrogens with zero attached hydrogens (tertiary/aromatic N) is 2. The number of rotatable bonds is 10. The molecule has 1 N–H and O–H groups in total. The number of ether oxygens (including phenoxy) is 2. The molecule has 0 saturated heterocycles. The minimum absolute atomic E-state index is 0.124. The van der Waals surface area contributed by atoms with Gasteiger partial charge in [-0.25, -0.2) is 4.98 Å². The Morgan fingerprint density at radius 3 is 2.26 bits per heavy atom. The summed E-state index contributed by atoms with van der Waals surface area (Å²) in [5, 5.41) is 0. The van der Waals surface area contributed by atoms with Crippen LogP contribution in [0.1, 0.15) is 55.1 Å². The highest BCUT2D eigenvalue weighted by molar-refractivity contribution is 5.47. The fourth-order valence-electron chi connectivity index (χ4n) is 5.28. The number of imidazole rings is 1. The second kappa shape index (κ2) is 10.4. The molecular formula is C30H33N3O2. The van der Waals surface area contributed by atoms with Gasteiger partial charge < -0.3 is 14.5 Å². The van der Waals surface area contributed by atoms with Crippen molar-refractivity contribution in [1.82, 2.24) is 14.9 Å². The van der Waals surface area contributed by atoms with E-state index < -0.39 is 5.54 Å². The molecule has 3 aromatic carbocycles. The van der Waals surface area contributed by atoms with E-state index >= 15 is 0 Å². The summed E-state index contributed by atoms with van der Waals surface area (Å²) < 4.78 is 11.3. The van der Waals surface area contributed by atoms with Crippen LogP contribution in [0.2, 0.25) is 0 Å². The Balaban J connectivity index is 1.72. The van der Waals surface area contributed by atoms with Crippen molar-refractivity contribution in [1.29, 1.82) is 0 Å². The van der Waals surface area contributed by atoms with Crippen molar-refractivity contribution < 1.29 is 9.47 Å². The van der Waals surface area contributed by atoms with Crippen molar-refractivity contribution >= 4 is 0 Å². The average Bonchev–Trinajstić information content (AvgIpc) is 3.61. The summed E-state index contributed by atoms with van der Waals surface area (Å²) in [5.74, 6) is 1.63. The topological polar surface area (TPSA) is 50.4 Å². The van der Waals surface area contributed by atoms with Crippen LogP contribution in [0.3, 0.4) is 0 Å². The van der Waals surface area contributed by atoms with Crippen molar-refractivity contribution in [2.45, 2.75) is 44.7 Å². The maximum Gasteiger partial charge on any atom is 0.231 e. The summed E-state index contributed by atoms with van der Waals surface area (Å²) in [6, 6.07) is 28.3. The molecule has 0 saturated carbocycles. The molecule has 1 aliphatic rings. The van der Waals surface area contributed by atoms with Gasteiger partial charge in [0.2, 0.25) is 6.79 Å². The second-order valence-corrected chi connectivity index (χ2v) is 9.19. The van der Waals surface area contributed by atoms with Gasteiger partial charge in [-0.05, 0) is 55.1 Å². The molecule has 1 atom stereocenters. The van der Waals surface area contributed by atoms with E-state index in [0.29, 0.717) is 0 Å². The summed E-state index contributed by atoms with van der Waals surface area (Å²) >= 11 is 0. The standard InChI is InChI=1S/C30H33N3O2/c1-3-4-17-33(23(2)27-20-31-21-32-27)30(25-11-7-5-8-12-25,26-13-9-6-10-14-26)19-24-15-16-28-29(18-24)35-22-34-28/h5-16,18,20-21,23H,3-4,17,19,22H2,1-2H3,(H,31,32). The molecule has 35 heavy (non-hydrogen) atoms.